The number of halogens is 2. The van der Waals surface area contributed by atoms with Gasteiger partial charge in [-0.3, -0.25) is 4.79 Å². The summed E-state index contributed by atoms with van der Waals surface area (Å²) < 4.78 is 30.0. The third-order valence-corrected chi connectivity index (χ3v) is 1.64. The molecular weight excluding hydrogens is 202 g/mol. The maximum absolute atomic E-state index is 13.0. The molecule has 1 aromatic carbocycles. The number of hydrogen-bond donors (Lipinski definition) is 0. The average molecular weight is 210 g/mol. The van der Waals surface area contributed by atoms with E-state index in [9.17, 15) is 13.6 Å². The lowest BCUT2D eigenvalue weighted by Crippen LogP contribution is -1.97. The molecule has 0 unspecified atom stereocenters. The van der Waals surface area contributed by atoms with Gasteiger partial charge in [0.05, 0.1) is 12.7 Å². The molecule has 0 saturated heterocycles. The molecule has 0 N–H and O–H groups in total. The van der Waals surface area contributed by atoms with Gasteiger partial charge in [0.15, 0.2) is 11.6 Å². The van der Waals surface area contributed by atoms with Crippen molar-refractivity contribution in [2.75, 3.05) is 7.11 Å². The highest BCUT2D eigenvalue weighted by molar-refractivity contribution is 5.72. The molecule has 0 fully saturated rings. The SMILES string of the molecule is COC(=O)CC#Cc1cccc(F)c1F. The zero-order valence-electron chi connectivity index (χ0n) is 8.01. The summed E-state index contributed by atoms with van der Waals surface area (Å²) >= 11 is 0. The van der Waals surface area contributed by atoms with Crippen molar-refractivity contribution in [2.24, 2.45) is 0 Å². The van der Waals surface area contributed by atoms with Gasteiger partial charge in [-0.25, -0.2) is 8.78 Å². The quantitative estimate of drug-likeness (QED) is 0.522. The molecule has 0 radical (unpaired) electrons. The second-order valence-corrected chi connectivity index (χ2v) is 2.66. The molecule has 1 aromatic rings. The number of benzene rings is 1. The van der Waals surface area contributed by atoms with Crippen LogP contribution in [0.2, 0.25) is 0 Å². The fourth-order valence-electron chi connectivity index (χ4n) is 0.884. The van der Waals surface area contributed by atoms with Crippen LogP contribution in [0, 0.1) is 23.5 Å². The first kappa shape index (κ1) is 11.2. The number of methoxy groups -OCH3 is 1. The van der Waals surface area contributed by atoms with Gasteiger partial charge >= 0.3 is 5.97 Å². The summed E-state index contributed by atoms with van der Waals surface area (Å²) in [6, 6.07) is 3.68. The van der Waals surface area contributed by atoms with E-state index in [-0.39, 0.29) is 12.0 Å². The van der Waals surface area contributed by atoms with Crippen molar-refractivity contribution < 1.29 is 18.3 Å². The Labute approximate surface area is 85.9 Å². The van der Waals surface area contributed by atoms with Crippen molar-refractivity contribution in [1.29, 1.82) is 0 Å². The Morgan fingerprint density at radius 2 is 2.20 bits per heavy atom. The predicted octanol–water partition coefficient (Wildman–Crippen LogP) is 1.88. The van der Waals surface area contributed by atoms with Crippen molar-refractivity contribution >= 4 is 5.97 Å². The van der Waals surface area contributed by atoms with E-state index in [2.05, 4.69) is 16.6 Å². The summed E-state index contributed by atoms with van der Waals surface area (Å²) in [6.07, 6.45) is -0.146. The number of carbonyl (C=O) groups is 1. The Morgan fingerprint density at radius 1 is 1.47 bits per heavy atom. The van der Waals surface area contributed by atoms with E-state index in [0.29, 0.717) is 0 Å². The van der Waals surface area contributed by atoms with E-state index < -0.39 is 17.6 Å². The van der Waals surface area contributed by atoms with Gasteiger partial charge in [0, 0.05) is 0 Å². The van der Waals surface area contributed by atoms with Gasteiger partial charge in [0.2, 0.25) is 0 Å². The average Bonchev–Trinajstić information content (AvgIpc) is 2.24. The van der Waals surface area contributed by atoms with Crippen molar-refractivity contribution in [3.05, 3.63) is 35.4 Å². The van der Waals surface area contributed by atoms with Crippen LogP contribution in [0.1, 0.15) is 12.0 Å². The lowest BCUT2D eigenvalue weighted by Gasteiger charge is -1.94. The summed E-state index contributed by atoms with van der Waals surface area (Å²) in [4.78, 5) is 10.7. The lowest BCUT2D eigenvalue weighted by molar-refractivity contribution is -0.139. The highest BCUT2D eigenvalue weighted by Gasteiger charge is 2.04. The fraction of sp³-hybridized carbons (Fsp3) is 0.182. The normalized spacial score (nSPS) is 9.00. The van der Waals surface area contributed by atoms with Gasteiger partial charge < -0.3 is 4.74 Å². The van der Waals surface area contributed by atoms with Crippen LogP contribution >= 0.6 is 0 Å². The molecule has 0 amide bonds. The van der Waals surface area contributed by atoms with Gasteiger partial charge in [-0.1, -0.05) is 17.9 Å². The number of ether oxygens (including phenoxy) is 1. The number of rotatable bonds is 1. The first-order valence-electron chi connectivity index (χ1n) is 4.15. The molecule has 0 atom stereocenters. The first-order valence-corrected chi connectivity index (χ1v) is 4.15. The Kier molecular flexibility index (Phi) is 3.81. The van der Waals surface area contributed by atoms with Crippen molar-refractivity contribution in [1.82, 2.24) is 0 Å². The van der Waals surface area contributed by atoms with Crippen LogP contribution < -0.4 is 0 Å². The maximum Gasteiger partial charge on any atom is 0.317 e. The molecule has 0 aliphatic rings. The zero-order chi connectivity index (χ0) is 11.3. The summed E-state index contributed by atoms with van der Waals surface area (Å²) in [5, 5.41) is 0. The molecule has 1 rings (SSSR count). The molecule has 4 heteroatoms. The molecule has 0 heterocycles. The van der Waals surface area contributed by atoms with E-state index in [1.54, 1.807) is 0 Å². The first-order chi connectivity index (χ1) is 7.15. The fourth-order valence-corrected chi connectivity index (χ4v) is 0.884. The van der Waals surface area contributed by atoms with Gasteiger partial charge in [0.25, 0.3) is 0 Å². The molecule has 0 spiro atoms. The predicted molar refractivity (Wildman–Crippen MR) is 49.9 cm³/mol. The second-order valence-electron chi connectivity index (χ2n) is 2.66. The summed E-state index contributed by atoms with van der Waals surface area (Å²) in [5.74, 6) is 2.26. The van der Waals surface area contributed by atoms with Crippen LogP contribution in [0.3, 0.4) is 0 Å². The molecule has 2 nitrogen and oxygen atoms in total. The molecule has 0 saturated carbocycles. The molecule has 78 valence electrons. The van der Waals surface area contributed by atoms with E-state index in [1.807, 2.05) is 0 Å². The minimum Gasteiger partial charge on any atom is -0.468 e. The van der Waals surface area contributed by atoms with Crippen LogP contribution in [0.4, 0.5) is 8.78 Å². The van der Waals surface area contributed by atoms with Gasteiger partial charge in [-0.2, -0.15) is 0 Å². The third-order valence-electron chi connectivity index (χ3n) is 1.64. The Bertz CT molecular complexity index is 430. The number of carbonyl (C=O) groups excluding carboxylic acids is 1. The molecule has 15 heavy (non-hydrogen) atoms. The Morgan fingerprint density at radius 3 is 2.87 bits per heavy atom. The molecule has 0 aliphatic carbocycles. The minimum absolute atomic E-state index is 0.0705. The van der Waals surface area contributed by atoms with Gasteiger partial charge in [-0.05, 0) is 12.1 Å². The lowest BCUT2D eigenvalue weighted by atomic mass is 10.2. The largest absolute Gasteiger partial charge is 0.468 e. The second kappa shape index (κ2) is 5.11. The smallest absolute Gasteiger partial charge is 0.317 e. The van der Waals surface area contributed by atoms with Crippen molar-refractivity contribution in [3.8, 4) is 11.8 Å². The van der Waals surface area contributed by atoms with E-state index in [0.717, 1.165) is 6.07 Å². The van der Waals surface area contributed by atoms with E-state index in [4.69, 9.17) is 0 Å². The monoisotopic (exact) mass is 210 g/mol. The zero-order valence-corrected chi connectivity index (χ0v) is 8.01. The van der Waals surface area contributed by atoms with Crippen molar-refractivity contribution in [3.63, 3.8) is 0 Å². The van der Waals surface area contributed by atoms with Crippen LogP contribution in [0.25, 0.3) is 0 Å². The molecular formula is C11H8F2O2. The highest BCUT2D eigenvalue weighted by Crippen LogP contribution is 2.09. The van der Waals surface area contributed by atoms with Crippen LogP contribution in [0.5, 0.6) is 0 Å². The molecule has 0 aromatic heterocycles. The Balaban J connectivity index is 2.80. The molecule has 0 aliphatic heterocycles. The third kappa shape index (κ3) is 3.06. The maximum atomic E-state index is 13.0. The number of hydrogen-bond acceptors (Lipinski definition) is 2. The summed E-state index contributed by atoms with van der Waals surface area (Å²) in [6.45, 7) is 0. The highest BCUT2D eigenvalue weighted by atomic mass is 19.2. The summed E-state index contributed by atoms with van der Waals surface area (Å²) in [5.41, 5.74) is -0.0705. The van der Waals surface area contributed by atoms with Crippen molar-refractivity contribution in [2.45, 2.75) is 6.42 Å². The van der Waals surface area contributed by atoms with Gasteiger partial charge in [-0.15, -0.1) is 0 Å². The van der Waals surface area contributed by atoms with E-state index in [1.165, 1.54) is 19.2 Å². The van der Waals surface area contributed by atoms with E-state index >= 15 is 0 Å². The number of esters is 1. The van der Waals surface area contributed by atoms with Gasteiger partial charge in [0.1, 0.15) is 6.42 Å². The standard InChI is InChI=1S/C11H8F2O2/c1-15-10(14)7-3-5-8-4-2-6-9(12)11(8)13/h2,4,6H,7H2,1H3. The van der Waals surface area contributed by atoms with Crippen LogP contribution in [-0.2, 0) is 9.53 Å². The molecule has 0 bridgehead atoms. The van der Waals surface area contributed by atoms with Crippen LogP contribution in [-0.4, -0.2) is 13.1 Å². The topological polar surface area (TPSA) is 26.3 Å². The summed E-state index contributed by atoms with van der Waals surface area (Å²) in [7, 11) is 1.23. The minimum atomic E-state index is -1.00. The van der Waals surface area contributed by atoms with Crippen LogP contribution in [0.15, 0.2) is 18.2 Å². The Hall–Kier alpha value is -1.89.